The van der Waals surface area contributed by atoms with Gasteiger partial charge in [0.1, 0.15) is 11.0 Å². The molecule has 0 atom stereocenters. The molecule has 1 N–H and O–H groups in total. The summed E-state index contributed by atoms with van der Waals surface area (Å²) in [5, 5.41) is 7.07. The van der Waals surface area contributed by atoms with Crippen molar-refractivity contribution in [1.29, 1.82) is 0 Å². The fraction of sp³-hybridized carbons (Fsp3) is 0.455. The van der Waals surface area contributed by atoms with Crippen molar-refractivity contribution in [2.24, 2.45) is 0 Å². The van der Waals surface area contributed by atoms with E-state index in [1.807, 2.05) is 0 Å². The molecular formula is C11H14BrN3O2. The van der Waals surface area contributed by atoms with Gasteiger partial charge in [-0.1, -0.05) is 5.92 Å². The van der Waals surface area contributed by atoms with Crippen LogP contribution < -0.4 is 10.9 Å². The van der Waals surface area contributed by atoms with E-state index in [2.05, 4.69) is 32.3 Å². The van der Waals surface area contributed by atoms with Crippen LogP contribution in [0.1, 0.15) is 6.42 Å². The van der Waals surface area contributed by atoms with Gasteiger partial charge in [0.25, 0.3) is 5.56 Å². The molecule has 0 spiro atoms. The van der Waals surface area contributed by atoms with Crippen LogP contribution in [0.3, 0.4) is 0 Å². The Hall–Kier alpha value is -1.32. The summed E-state index contributed by atoms with van der Waals surface area (Å²) in [7, 11) is 1.65. The molecule has 1 rings (SSSR count). The minimum absolute atomic E-state index is 0.168. The van der Waals surface area contributed by atoms with Gasteiger partial charge in [-0.25, -0.2) is 4.68 Å². The lowest BCUT2D eigenvalue weighted by Gasteiger charge is -2.08. The van der Waals surface area contributed by atoms with Crippen LogP contribution in [0.15, 0.2) is 15.5 Å². The molecule has 17 heavy (non-hydrogen) atoms. The summed E-state index contributed by atoms with van der Waals surface area (Å²) in [4.78, 5) is 11.8. The number of hydrogen-bond acceptors (Lipinski definition) is 4. The van der Waals surface area contributed by atoms with E-state index in [1.54, 1.807) is 13.3 Å². The molecule has 0 aromatic carbocycles. The van der Waals surface area contributed by atoms with Crippen LogP contribution in [-0.4, -0.2) is 30.0 Å². The Morgan fingerprint density at radius 1 is 1.71 bits per heavy atom. The maximum absolute atomic E-state index is 11.8. The maximum Gasteiger partial charge on any atom is 0.284 e. The third kappa shape index (κ3) is 3.88. The molecule has 0 aliphatic heterocycles. The van der Waals surface area contributed by atoms with Gasteiger partial charge in [0.2, 0.25) is 0 Å². The third-order valence-corrected chi connectivity index (χ3v) is 2.83. The Bertz CT molecular complexity index is 465. The first-order valence-corrected chi connectivity index (χ1v) is 5.92. The minimum atomic E-state index is -0.236. The largest absolute Gasteiger partial charge is 0.385 e. The van der Waals surface area contributed by atoms with E-state index in [1.165, 1.54) is 4.68 Å². The zero-order valence-electron chi connectivity index (χ0n) is 9.57. The number of nitrogens with one attached hydrogen (secondary N) is 1. The van der Waals surface area contributed by atoms with Crippen LogP contribution in [-0.2, 0) is 11.3 Å². The van der Waals surface area contributed by atoms with Gasteiger partial charge in [-0.15, -0.1) is 6.42 Å². The number of anilines is 1. The second-order valence-electron chi connectivity index (χ2n) is 3.31. The Morgan fingerprint density at radius 2 is 2.47 bits per heavy atom. The molecule has 5 nitrogen and oxygen atoms in total. The number of halogens is 1. The van der Waals surface area contributed by atoms with Crippen molar-refractivity contribution in [3.8, 4) is 12.3 Å². The van der Waals surface area contributed by atoms with E-state index >= 15 is 0 Å². The zero-order valence-corrected chi connectivity index (χ0v) is 11.2. The van der Waals surface area contributed by atoms with Crippen molar-refractivity contribution in [3.63, 3.8) is 0 Å². The number of aromatic nitrogens is 2. The second-order valence-corrected chi connectivity index (χ2v) is 4.11. The van der Waals surface area contributed by atoms with Crippen LogP contribution in [0.5, 0.6) is 0 Å². The van der Waals surface area contributed by atoms with Gasteiger partial charge in [0, 0.05) is 20.3 Å². The van der Waals surface area contributed by atoms with E-state index in [9.17, 15) is 4.79 Å². The van der Waals surface area contributed by atoms with Crippen molar-refractivity contribution < 1.29 is 4.74 Å². The number of methoxy groups -OCH3 is 1. The second kappa shape index (κ2) is 7.09. The van der Waals surface area contributed by atoms with Gasteiger partial charge in [0.05, 0.1) is 11.9 Å². The Balaban J connectivity index is 2.72. The number of hydrogen-bond donors (Lipinski definition) is 1. The average molecular weight is 300 g/mol. The van der Waals surface area contributed by atoms with Gasteiger partial charge < -0.3 is 10.1 Å². The van der Waals surface area contributed by atoms with Crippen molar-refractivity contribution in [1.82, 2.24) is 9.78 Å². The summed E-state index contributed by atoms with van der Waals surface area (Å²) < 4.78 is 6.60. The predicted octanol–water partition coefficient (Wildman–Crippen LogP) is 1.09. The highest BCUT2D eigenvalue weighted by Crippen LogP contribution is 2.15. The highest BCUT2D eigenvalue weighted by Gasteiger charge is 2.07. The lowest BCUT2D eigenvalue weighted by Crippen LogP contribution is -2.24. The monoisotopic (exact) mass is 299 g/mol. The van der Waals surface area contributed by atoms with Crippen LogP contribution >= 0.6 is 15.9 Å². The molecule has 1 heterocycles. The molecule has 0 radical (unpaired) electrons. The molecular weight excluding hydrogens is 286 g/mol. The van der Waals surface area contributed by atoms with Gasteiger partial charge in [-0.3, -0.25) is 4.79 Å². The lowest BCUT2D eigenvalue weighted by atomic mass is 10.4. The van der Waals surface area contributed by atoms with E-state index in [-0.39, 0.29) is 12.1 Å². The van der Waals surface area contributed by atoms with Crippen LogP contribution in [0.4, 0.5) is 5.69 Å². The SMILES string of the molecule is C#CCn1ncc(NCCCOC)c(Br)c1=O. The summed E-state index contributed by atoms with van der Waals surface area (Å²) in [6.45, 7) is 1.56. The molecule has 92 valence electrons. The first kappa shape index (κ1) is 13.7. The summed E-state index contributed by atoms with van der Waals surface area (Å²) in [6, 6.07) is 0. The maximum atomic E-state index is 11.8. The first-order chi connectivity index (χ1) is 8.20. The fourth-order valence-corrected chi connectivity index (χ4v) is 1.67. The number of terminal acetylenes is 1. The topological polar surface area (TPSA) is 56.1 Å². The highest BCUT2D eigenvalue weighted by atomic mass is 79.9. The molecule has 0 amide bonds. The van der Waals surface area contributed by atoms with Gasteiger partial charge in [-0.05, 0) is 22.4 Å². The number of nitrogens with zero attached hydrogens (tertiary/aromatic N) is 2. The predicted molar refractivity (Wildman–Crippen MR) is 70.0 cm³/mol. The standard InChI is InChI=1S/C11H14BrN3O2/c1-3-6-15-11(16)10(12)9(8-14-15)13-5-4-7-17-2/h1,8,13H,4-7H2,2H3. The van der Waals surface area contributed by atoms with Gasteiger partial charge in [0.15, 0.2) is 0 Å². The minimum Gasteiger partial charge on any atom is -0.385 e. The fourth-order valence-electron chi connectivity index (χ4n) is 1.23. The van der Waals surface area contributed by atoms with Crippen molar-refractivity contribution in [2.75, 3.05) is 25.6 Å². The molecule has 6 heteroatoms. The summed E-state index contributed by atoms with van der Waals surface area (Å²) in [5.74, 6) is 2.37. The Labute approximate surface area is 108 Å². The summed E-state index contributed by atoms with van der Waals surface area (Å²) in [6.07, 6.45) is 7.57. The lowest BCUT2D eigenvalue weighted by molar-refractivity contribution is 0.198. The smallest absolute Gasteiger partial charge is 0.284 e. The zero-order chi connectivity index (χ0) is 12.7. The van der Waals surface area contributed by atoms with Crippen LogP contribution in [0.2, 0.25) is 0 Å². The van der Waals surface area contributed by atoms with E-state index in [0.717, 1.165) is 6.42 Å². The molecule has 0 saturated carbocycles. The molecule has 1 aromatic rings. The molecule has 0 fully saturated rings. The summed E-state index contributed by atoms with van der Waals surface area (Å²) in [5.41, 5.74) is 0.430. The molecule has 0 saturated heterocycles. The Kier molecular flexibility index (Phi) is 5.73. The van der Waals surface area contributed by atoms with Crippen molar-refractivity contribution >= 4 is 21.6 Å². The van der Waals surface area contributed by atoms with Gasteiger partial charge >= 0.3 is 0 Å². The molecule has 0 bridgehead atoms. The first-order valence-electron chi connectivity index (χ1n) is 5.12. The van der Waals surface area contributed by atoms with Crippen LogP contribution in [0.25, 0.3) is 0 Å². The van der Waals surface area contributed by atoms with Gasteiger partial charge in [-0.2, -0.15) is 5.10 Å². The van der Waals surface area contributed by atoms with Crippen molar-refractivity contribution in [3.05, 3.63) is 21.0 Å². The average Bonchev–Trinajstić information content (AvgIpc) is 2.33. The van der Waals surface area contributed by atoms with Crippen LogP contribution in [0, 0.1) is 12.3 Å². The highest BCUT2D eigenvalue weighted by molar-refractivity contribution is 9.10. The van der Waals surface area contributed by atoms with E-state index in [4.69, 9.17) is 11.2 Å². The third-order valence-electron chi connectivity index (χ3n) is 2.07. The quantitative estimate of drug-likeness (QED) is 0.631. The normalized spacial score (nSPS) is 9.94. The van der Waals surface area contributed by atoms with Crippen molar-refractivity contribution in [2.45, 2.75) is 13.0 Å². The molecule has 0 aliphatic rings. The Morgan fingerprint density at radius 3 is 3.12 bits per heavy atom. The molecule has 1 aromatic heterocycles. The number of ether oxygens (including phenoxy) is 1. The van der Waals surface area contributed by atoms with E-state index < -0.39 is 0 Å². The number of rotatable bonds is 6. The van der Waals surface area contributed by atoms with E-state index in [0.29, 0.717) is 23.3 Å². The molecule has 0 unspecified atom stereocenters. The molecule has 0 aliphatic carbocycles. The summed E-state index contributed by atoms with van der Waals surface area (Å²) >= 11 is 3.23.